The molecule has 4 aliphatic carbocycles. The maximum Gasteiger partial charge on any atom is 0.315 e. The molecule has 6 rings (SSSR count). The first-order chi connectivity index (χ1) is 11.2. The Balaban J connectivity index is 1.22. The number of fused-ring (bicyclic) bond motifs is 1. The summed E-state index contributed by atoms with van der Waals surface area (Å²) in [4.78, 5) is 17.9. The molecular formula is C17H22N4OS. The number of aromatic nitrogens is 2. The van der Waals surface area contributed by atoms with Crippen molar-refractivity contribution in [3.63, 3.8) is 0 Å². The predicted octanol–water partition coefficient (Wildman–Crippen LogP) is 3.16. The fourth-order valence-corrected chi connectivity index (χ4v) is 6.30. The number of nitrogens with one attached hydrogen (secondary N) is 2. The van der Waals surface area contributed by atoms with E-state index in [-0.39, 0.29) is 11.6 Å². The van der Waals surface area contributed by atoms with Gasteiger partial charge in [-0.3, -0.25) is 4.40 Å². The molecule has 0 unspecified atom stereocenters. The van der Waals surface area contributed by atoms with Crippen LogP contribution in [0, 0.1) is 17.8 Å². The second-order valence-electron chi connectivity index (χ2n) is 7.83. The van der Waals surface area contributed by atoms with Gasteiger partial charge in [0.1, 0.15) is 0 Å². The molecule has 23 heavy (non-hydrogen) atoms. The largest absolute Gasteiger partial charge is 0.333 e. The average molecular weight is 330 g/mol. The molecule has 4 saturated carbocycles. The van der Waals surface area contributed by atoms with Gasteiger partial charge in [-0.1, -0.05) is 0 Å². The van der Waals surface area contributed by atoms with Gasteiger partial charge >= 0.3 is 6.03 Å². The molecule has 4 bridgehead atoms. The van der Waals surface area contributed by atoms with Crippen molar-refractivity contribution < 1.29 is 4.79 Å². The first kappa shape index (κ1) is 13.8. The number of carbonyl (C=O) groups excluding carboxylic acids is 1. The minimum absolute atomic E-state index is 0.0247. The third kappa shape index (κ3) is 2.43. The maximum absolute atomic E-state index is 12.4. The highest BCUT2D eigenvalue weighted by Crippen LogP contribution is 2.55. The summed E-state index contributed by atoms with van der Waals surface area (Å²) in [5.41, 5.74) is 0.991. The number of rotatable bonds is 3. The van der Waals surface area contributed by atoms with Gasteiger partial charge < -0.3 is 10.6 Å². The minimum atomic E-state index is -0.0247. The summed E-state index contributed by atoms with van der Waals surface area (Å²) in [5, 5.41) is 8.36. The lowest BCUT2D eigenvalue weighted by Gasteiger charge is -2.56. The molecule has 2 aromatic heterocycles. The lowest BCUT2D eigenvalue weighted by Crippen LogP contribution is -2.61. The SMILES string of the molecule is O=C(NCc1cn2ccsc2n1)NC12CC3CC(CC(C3)C1)C2. The Morgan fingerprint density at radius 3 is 2.61 bits per heavy atom. The van der Waals surface area contributed by atoms with Crippen LogP contribution in [-0.4, -0.2) is 21.0 Å². The van der Waals surface area contributed by atoms with E-state index in [2.05, 4.69) is 15.6 Å². The van der Waals surface area contributed by atoms with E-state index < -0.39 is 0 Å². The lowest BCUT2D eigenvalue weighted by molar-refractivity contribution is -0.0135. The number of urea groups is 1. The average Bonchev–Trinajstić information content (AvgIpc) is 3.03. The van der Waals surface area contributed by atoms with Crippen LogP contribution in [0.5, 0.6) is 0 Å². The molecular weight excluding hydrogens is 308 g/mol. The van der Waals surface area contributed by atoms with Crippen molar-refractivity contribution in [3.8, 4) is 0 Å². The Labute approximate surface area is 139 Å². The quantitative estimate of drug-likeness (QED) is 0.908. The normalized spacial score (nSPS) is 34.9. The molecule has 4 fully saturated rings. The monoisotopic (exact) mass is 330 g/mol. The zero-order valence-corrected chi connectivity index (χ0v) is 13.9. The fourth-order valence-electron chi connectivity index (χ4n) is 5.58. The maximum atomic E-state index is 12.4. The molecule has 2 N–H and O–H groups in total. The van der Waals surface area contributed by atoms with Gasteiger partial charge in [0.2, 0.25) is 0 Å². The number of carbonyl (C=O) groups is 1. The summed E-state index contributed by atoms with van der Waals surface area (Å²) in [6.45, 7) is 0.493. The molecule has 0 aromatic carbocycles. The van der Waals surface area contributed by atoms with Crippen molar-refractivity contribution in [3.05, 3.63) is 23.5 Å². The van der Waals surface area contributed by atoms with Crippen molar-refractivity contribution in [2.24, 2.45) is 17.8 Å². The standard InChI is InChI=1S/C17H22N4OS/c22-15(18-9-14-10-21-1-2-23-16(21)19-14)20-17-6-11-3-12(7-17)5-13(4-11)8-17/h1-2,10-13H,3-9H2,(H2,18,20,22). The van der Waals surface area contributed by atoms with E-state index in [0.717, 1.165) is 28.4 Å². The van der Waals surface area contributed by atoms with Gasteiger partial charge in [0.05, 0.1) is 12.2 Å². The summed E-state index contributed by atoms with van der Waals surface area (Å²) in [6.07, 6.45) is 11.7. The molecule has 5 nitrogen and oxygen atoms in total. The topological polar surface area (TPSA) is 58.4 Å². The number of nitrogens with zero attached hydrogens (tertiary/aromatic N) is 2. The summed E-state index contributed by atoms with van der Waals surface area (Å²) in [6, 6.07) is -0.0247. The summed E-state index contributed by atoms with van der Waals surface area (Å²) >= 11 is 1.61. The van der Waals surface area contributed by atoms with Gasteiger partial charge in [-0.25, -0.2) is 9.78 Å². The highest BCUT2D eigenvalue weighted by atomic mass is 32.1. The number of amides is 2. The van der Waals surface area contributed by atoms with Crippen LogP contribution in [0.1, 0.15) is 44.2 Å². The van der Waals surface area contributed by atoms with Crippen LogP contribution in [0.3, 0.4) is 0 Å². The van der Waals surface area contributed by atoms with Crippen LogP contribution in [0.2, 0.25) is 0 Å². The third-order valence-electron chi connectivity index (χ3n) is 5.99. The molecule has 2 heterocycles. The van der Waals surface area contributed by atoms with Gasteiger partial charge in [0.25, 0.3) is 0 Å². The molecule has 2 aromatic rings. The van der Waals surface area contributed by atoms with Gasteiger partial charge in [-0.2, -0.15) is 0 Å². The third-order valence-corrected chi connectivity index (χ3v) is 6.76. The molecule has 0 saturated heterocycles. The fraction of sp³-hybridized carbons (Fsp3) is 0.647. The van der Waals surface area contributed by atoms with Crippen LogP contribution in [0.25, 0.3) is 4.96 Å². The van der Waals surface area contributed by atoms with E-state index >= 15 is 0 Å². The smallest absolute Gasteiger partial charge is 0.315 e. The molecule has 0 atom stereocenters. The lowest BCUT2D eigenvalue weighted by atomic mass is 9.53. The van der Waals surface area contributed by atoms with Gasteiger partial charge in [0.15, 0.2) is 4.96 Å². The van der Waals surface area contributed by atoms with Crippen LogP contribution in [0.15, 0.2) is 17.8 Å². The Hall–Kier alpha value is -1.56. The van der Waals surface area contributed by atoms with Crippen molar-refractivity contribution in [1.29, 1.82) is 0 Å². The van der Waals surface area contributed by atoms with E-state index in [1.807, 2.05) is 22.2 Å². The Morgan fingerprint density at radius 2 is 1.96 bits per heavy atom. The molecule has 0 spiro atoms. The molecule has 6 heteroatoms. The molecule has 0 aliphatic heterocycles. The number of imidazole rings is 1. The first-order valence-electron chi connectivity index (χ1n) is 8.65. The van der Waals surface area contributed by atoms with Gasteiger partial charge in [-0.15, -0.1) is 11.3 Å². The number of thiazole rings is 1. The summed E-state index contributed by atoms with van der Waals surface area (Å²) in [7, 11) is 0. The van der Waals surface area contributed by atoms with Crippen molar-refractivity contribution in [2.75, 3.05) is 0 Å². The summed E-state index contributed by atoms with van der Waals surface area (Å²) < 4.78 is 2.00. The summed E-state index contributed by atoms with van der Waals surface area (Å²) in [5.74, 6) is 2.55. The molecule has 0 radical (unpaired) electrons. The second-order valence-corrected chi connectivity index (χ2v) is 8.70. The Morgan fingerprint density at radius 1 is 1.26 bits per heavy atom. The molecule has 2 amide bonds. The number of hydrogen-bond acceptors (Lipinski definition) is 3. The predicted molar refractivity (Wildman–Crippen MR) is 89.3 cm³/mol. The van der Waals surface area contributed by atoms with Crippen LogP contribution in [0.4, 0.5) is 4.79 Å². The van der Waals surface area contributed by atoms with E-state index in [4.69, 9.17) is 0 Å². The van der Waals surface area contributed by atoms with Crippen molar-refractivity contribution in [2.45, 2.75) is 50.6 Å². The molecule has 122 valence electrons. The van der Waals surface area contributed by atoms with Gasteiger partial charge in [-0.05, 0) is 56.3 Å². The Kier molecular flexibility index (Phi) is 2.99. The van der Waals surface area contributed by atoms with Crippen molar-refractivity contribution in [1.82, 2.24) is 20.0 Å². The zero-order valence-electron chi connectivity index (χ0n) is 13.1. The minimum Gasteiger partial charge on any atom is -0.333 e. The van der Waals surface area contributed by atoms with Gasteiger partial charge in [0, 0.05) is 23.3 Å². The van der Waals surface area contributed by atoms with Crippen LogP contribution in [-0.2, 0) is 6.54 Å². The van der Waals surface area contributed by atoms with Crippen molar-refractivity contribution >= 4 is 22.3 Å². The zero-order chi connectivity index (χ0) is 15.4. The van der Waals surface area contributed by atoms with Crippen LogP contribution >= 0.6 is 11.3 Å². The Bertz CT molecular complexity index is 685. The molecule has 4 aliphatic rings. The first-order valence-corrected chi connectivity index (χ1v) is 9.52. The van der Waals surface area contributed by atoms with Crippen LogP contribution < -0.4 is 10.6 Å². The highest BCUT2D eigenvalue weighted by Gasteiger charge is 2.51. The second kappa shape index (κ2) is 4.97. The van der Waals surface area contributed by atoms with E-state index in [9.17, 15) is 4.79 Å². The number of hydrogen-bond donors (Lipinski definition) is 2. The van der Waals surface area contributed by atoms with E-state index in [0.29, 0.717) is 6.54 Å². The highest BCUT2D eigenvalue weighted by molar-refractivity contribution is 7.15. The van der Waals surface area contributed by atoms with E-state index in [1.54, 1.807) is 11.3 Å². The van der Waals surface area contributed by atoms with E-state index in [1.165, 1.54) is 38.5 Å².